The number of nitrogens with zero attached hydrogens (tertiary/aromatic N) is 4. The fourth-order valence-electron chi connectivity index (χ4n) is 2.65. The maximum Gasteiger partial charge on any atom is 0.145 e. The molecule has 2 unspecified atom stereocenters. The first-order chi connectivity index (χ1) is 8.06. The van der Waals surface area contributed by atoms with E-state index in [2.05, 4.69) is 35.9 Å². The minimum atomic E-state index is 0.603. The molecule has 1 aliphatic rings. The molecule has 1 fully saturated rings. The first-order valence-electron chi connectivity index (χ1n) is 6.24. The van der Waals surface area contributed by atoms with Gasteiger partial charge >= 0.3 is 0 Å². The van der Waals surface area contributed by atoms with Gasteiger partial charge in [0, 0.05) is 31.9 Å². The largest absolute Gasteiger partial charge is 0.382 e. The summed E-state index contributed by atoms with van der Waals surface area (Å²) in [5.74, 6) is 1.35. The van der Waals surface area contributed by atoms with Gasteiger partial charge in [-0.25, -0.2) is 0 Å². The summed E-state index contributed by atoms with van der Waals surface area (Å²) < 4.78 is 1.92. The van der Waals surface area contributed by atoms with E-state index in [1.165, 1.54) is 6.54 Å². The van der Waals surface area contributed by atoms with Crippen LogP contribution in [0.25, 0.3) is 0 Å². The monoisotopic (exact) mass is 237 g/mol. The number of nitrogens with two attached hydrogens (primary N) is 1. The number of anilines is 1. The number of hydrogen-bond donors (Lipinski definition) is 1. The van der Waals surface area contributed by atoms with Gasteiger partial charge in [0.15, 0.2) is 0 Å². The van der Waals surface area contributed by atoms with E-state index < -0.39 is 0 Å². The van der Waals surface area contributed by atoms with Crippen molar-refractivity contribution < 1.29 is 0 Å². The van der Waals surface area contributed by atoms with Crippen LogP contribution in [0.5, 0.6) is 0 Å². The van der Waals surface area contributed by atoms with E-state index in [9.17, 15) is 0 Å². The SMILES string of the molecule is CC1CN(CCn2ccc(N)n2)CC1N(C)C. The molecular formula is C12H23N5. The van der Waals surface area contributed by atoms with Crippen LogP contribution in [0.3, 0.4) is 0 Å². The van der Waals surface area contributed by atoms with E-state index in [1.807, 2.05) is 16.9 Å². The summed E-state index contributed by atoms with van der Waals surface area (Å²) in [7, 11) is 4.33. The molecule has 1 aromatic heterocycles. The Morgan fingerprint density at radius 2 is 2.18 bits per heavy atom. The van der Waals surface area contributed by atoms with Crippen molar-refractivity contribution in [2.75, 3.05) is 39.5 Å². The number of likely N-dealkylation sites (tertiary alicyclic amines) is 1. The third kappa shape index (κ3) is 2.98. The molecular weight excluding hydrogens is 214 g/mol. The third-order valence-electron chi connectivity index (χ3n) is 3.62. The Morgan fingerprint density at radius 3 is 2.71 bits per heavy atom. The summed E-state index contributed by atoms with van der Waals surface area (Å²) in [6.07, 6.45) is 1.94. The lowest BCUT2D eigenvalue weighted by molar-refractivity contribution is 0.249. The molecule has 96 valence electrons. The molecule has 0 saturated carbocycles. The van der Waals surface area contributed by atoms with Crippen molar-refractivity contribution in [3.8, 4) is 0 Å². The van der Waals surface area contributed by atoms with Crippen LogP contribution in [0.1, 0.15) is 6.92 Å². The van der Waals surface area contributed by atoms with Gasteiger partial charge in [0.1, 0.15) is 5.82 Å². The highest BCUT2D eigenvalue weighted by molar-refractivity contribution is 5.23. The number of hydrogen-bond acceptors (Lipinski definition) is 4. The summed E-state index contributed by atoms with van der Waals surface area (Å²) in [5.41, 5.74) is 5.59. The standard InChI is InChI=1S/C12H23N5/c1-10-8-16(9-11(10)15(2)3)6-7-17-5-4-12(13)14-17/h4-5,10-11H,6-9H2,1-3H3,(H2,13,14). The summed E-state index contributed by atoms with van der Waals surface area (Å²) in [6.45, 7) is 6.64. The molecule has 1 saturated heterocycles. The second-order valence-electron chi connectivity index (χ2n) is 5.27. The Hall–Kier alpha value is -1.07. The molecule has 0 amide bonds. The van der Waals surface area contributed by atoms with Gasteiger partial charge < -0.3 is 10.6 Å². The van der Waals surface area contributed by atoms with Crippen LogP contribution in [0, 0.1) is 5.92 Å². The van der Waals surface area contributed by atoms with E-state index in [0.29, 0.717) is 11.9 Å². The highest BCUT2D eigenvalue weighted by atomic mass is 15.3. The van der Waals surface area contributed by atoms with Gasteiger partial charge in [-0.2, -0.15) is 5.10 Å². The summed E-state index contributed by atoms with van der Waals surface area (Å²) in [5, 5.41) is 4.20. The van der Waals surface area contributed by atoms with Crippen molar-refractivity contribution >= 4 is 5.82 Å². The zero-order valence-electron chi connectivity index (χ0n) is 11.0. The van der Waals surface area contributed by atoms with Gasteiger partial charge in [0.25, 0.3) is 0 Å². The van der Waals surface area contributed by atoms with Gasteiger partial charge in [0.2, 0.25) is 0 Å². The summed E-state index contributed by atoms with van der Waals surface area (Å²) >= 11 is 0. The highest BCUT2D eigenvalue weighted by Crippen LogP contribution is 2.19. The van der Waals surface area contributed by atoms with Crippen LogP contribution >= 0.6 is 0 Å². The minimum absolute atomic E-state index is 0.603. The fraction of sp³-hybridized carbons (Fsp3) is 0.750. The topological polar surface area (TPSA) is 50.3 Å². The Balaban J connectivity index is 1.81. The third-order valence-corrected chi connectivity index (χ3v) is 3.62. The molecule has 2 atom stereocenters. The number of likely N-dealkylation sites (N-methyl/N-ethyl adjacent to an activating group) is 1. The van der Waals surface area contributed by atoms with Crippen LogP contribution in [0.4, 0.5) is 5.82 Å². The Kier molecular flexibility index (Phi) is 3.69. The van der Waals surface area contributed by atoms with Gasteiger partial charge in [0.05, 0.1) is 6.54 Å². The van der Waals surface area contributed by atoms with Gasteiger partial charge in [-0.15, -0.1) is 0 Å². The lowest BCUT2D eigenvalue weighted by Crippen LogP contribution is -2.34. The maximum absolute atomic E-state index is 5.59. The molecule has 0 aromatic carbocycles. The van der Waals surface area contributed by atoms with E-state index >= 15 is 0 Å². The number of rotatable bonds is 4. The van der Waals surface area contributed by atoms with Gasteiger partial charge in [-0.05, 0) is 26.1 Å². The minimum Gasteiger partial charge on any atom is -0.382 e. The molecule has 2 N–H and O–H groups in total. The van der Waals surface area contributed by atoms with Crippen molar-refractivity contribution in [3.05, 3.63) is 12.3 Å². The molecule has 0 bridgehead atoms. The van der Waals surface area contributed by atoms with Crippen LogP contribution in [0.15, 0.2) is 12.3 Å². The lowest BCUT2D eigenvalue weighted by atomic mass is 10.1. The zero-order chi connectivity index (χ0) is 12.4. The molecule has 0 aliphatic carbocycles. The van der Waals surface area contributed by atoms with Crippen LogP contribution in [0.2, 0.25) is 0 Å². The summed E-state index contributed by atoms with van der Waals surface area (Å²) in [4.78, 5) is 4.84. The molecule has 0 radical (unpaired) electrons. The van der Waals surface area contributed by atoms with Gasteiger partial charge in [-0.3, -0.25) is 9.58 Å². The van der Waals surface area contributed by atoms with Crippen LogP contribution < -0.4 is 5.73 Å². The highest BCUT2D eigenvalue weighted by Gasteiger charge is 2.30. The Labute approximate surface area is 103 Å². The quantitative estimate of drug-likeness (QED) is 0.821. The molecule has 1 aromatic rings. The van der Waals surface area contributed by atoms with Crippen LogP contribution in [-0.2, 0) is 6.54 Å². The van der Waals surface area contributed by atoms with Crippen molar-refractivity contribution in [2.45, 2.75) is 19.5 Å². The Morgan fingerprint density at radius 1 is 1.41 bits per heavy atom. The first-order valence-corrected chi connectivity index (χ1v) is 6.24. The predicted octanol–water partition coefficient (Wildman–Crippen LogP) is 0.347. The number of aromatic nitrogens is 2. The molecule has 5 heteroatoms. The first kappa shape index (κ1) is 12.4. The van der Waals surface area contributed by atoms with E-state index in [4.69, 9.17) is 5.73 Å². The van der Waals surface area contributed by atoms with Crippen molar-refractivity contribution in [2.24, 2.45) is 5.92 Å². The second-order valence-corrected chi connectivity index (χ2v) is 5.27. The van der Waals surface area contributed by atoms with Crippen molar-refractivity contribution in [1.82, 2.24) is 19.6 Å². The normalized spacial score (nSPS) is 25.9. The molecule has 2 rings (SSSR count). The fourth-order valence-corrected chi connectivity index (χ4v) is 2.65. The molecule has 17 heavy (non-hydrogen) atoms. The lowest BCUT2D eigenvalue weighted by Gasteiger charge is -2.22. The van der Waals surface area contributed by atoms with E-state index in [1.54, 1.807) is 0 Å². The molecule has 5 nitrogen and oxygen atoms in total. The smallest absolute Gasteiger partial charge is 0.145 e. The molecule has 0 spiro atoms. The average Bonchev–Trinajstić information content (AvgIpc) is 2.82. The van der Waals surface area contributed by atoms with Gasteiger partial charge in [-0.1, -0.05) is 6.92 Å². The zero-order valence-corrected chi connectivity index (χ0v) is 11.0. The average molecular weight is 237 g/mol. The molecule has 2 heterocycles. The second kappa shape index (κ2) is 5.06. The number of nitrogen functional groups attached to an aromatic ring is 1. The van der Waals surface area contributed by atoms with E-state index in [-0.39, 0.29) is 0 Å². The van der Waals surface area contributed by atoms with Crippen LogP contribution in [-0.4, -0.2) is 59.4 Å². The van der Waals surface area contributed by atoms with Crippen molar-refractivity contribution in [3.63, 3.8) is 0 Å². The maximum atomic E-state index is 5.59. The summed E-state index contributed by atoms with van der Waals surface area (Å²) in [6, 6.07) is 2.52. The predicted molar refractivity (Wildman–Crippen MR) is 69.7 cm³/mol. The molecule has 1 aliphatic heterocycles. The Bertz CT molecular complexity index is 360. The van der Waals surface area contributed by atoms with Crippen molar-refractivity contribution in [1.29, 1.82) is 0 Å². The van der Waals surface area contributed by atoms with E-state index in [0.717, 1.165) is 25.6 Å².